The second kappa shape index (κ2) is 12.5. The van der Waals surface area contributed by atoms with Crippen LogP contribution in [0.2, 0.25) is 0 Å². The van der Waals surface area contributed by atoms with Crippen LogP contribution in [-0.4, -0.2) is 13.2 Å². The summed E-state index contributed by atoms with van der Waals surface area (Å²) in [6.45, 7) is 5.74. The molecule has 0 aromatic heterocycles. The number of halogens is 1. The van der Waals surface area contributed by atoms with E-state index in [0.717, 1.165) is 47.8 Å². The SMILES string of the molecule is CCCCCCCCOc1ccc2c(ccc3cc(OCCCCCC)ccc32)c1F. The fourth-order valence-corrected chi connectivity index (χ4v) is 4.05. The minimum absolute atomic E-state index is 0.262. The molecule has 3 aromatic rings. The summed E-state index contributed by atoms with van der Waals surface area (Å²) >= 11 is 0. The molecular weight excluding hydrogens is 387 g/mol. The van der Waals surface area contributed by atoms with Crippen molar-refractivity contribution in [1.82, 2.24) is 0 Å². The van der Waals surface area contributed by atoms with E-state index in [2.05, 4.69) is 19.9 Å². The van der Waals surface area contributed by atoms with Gasteiger partial charge in [-0.15, -0.1) is 0 Å². The summed E-state index contributed by atoms with van der Waals surface area (Å²) < 4.78 is 26.7. The topological polar surface area (TPSA) is 18.5 Å². The molecule has 0 saturated heterocycles. The Labute approximate surface area is 186 Å². The van der Waals surface area contributed by atoms with Crippen molar-refractivity contribution in [2.24, 2.45) is 0 Å². The smallest absolute Gasteiger partial charge is 0.172 e. The van der Waals surface area contributed by atoms with Gasteiger partial charge in [-0.1, -0.05) is 83.4 Å². The fraction of sp³-hybridized carbons (Fsp3) is 0.500. The normalized spacial score (nSPS) is 11.3. The zero-order valence-electron chi connectivity index (χ0n) is 19.2. The molecule has 0 aliphatic carbocycles. The van der Waals surface area contributed by atoms with Gasteiger partial charge in [-0.3, -0.25) is 0 Å². The summed E-state index contributed by atoms with van der Waals surface area (Å²) in [5, 5.41) is 3.63. The average Bonchev–Trinajstić information content (AvgIpc) is 2.79. The van der Waals surface area contributed by atoms with Crippen LogP contribution < -0.4 is 9.47 Å². The van der Waals surface area contributed by atoms with E-state index in [1.807, 2.05) is 30.3 Å². The largest absolute Gasteiger partial charge is 0.494 e. The lowest BCUT2D eigenvalue weighted by Gasteiger charge is -2.12. The second-order valence-electron chi connectivity index (χ2n) is 8.45. The quantitative estimate of drug-likeness (QED) is 0.190. The van der Waals surface area contributed by atoms with Gasteiger partial charge in [0, 0.05) is 5.39 Å². The minimum atomic E-state index is -0.262. The molecule has 3 heteroatoms. The lowest BCUT2D eigenvalue weighted by molar-refractivity contribution is 0.291. The highest BCUT2D eigenvalue weighted by molar-refractivity contribution is 6.08. The molecule has 0 fully saturated rings. The van der Waals surface area contributed by atoms with Gasteiger partial charge < -0.3 is 9.47 Å². The van der Waals surface area contributed by atoms with Gasteiger partial charge in [-0.2, -0.15) is 0 Å². The van der Waals surface area contributed by atoms with Crippen LogP contribution in [0, 0.1) is 5.82 Å². The molecule has 0 amide bonds. The van der Waals surface area contributed by atoms with Crippen molar-refractivity contribution in [3.05, 3.63) is 48.3 Å². The number of hydrogen-bond acceptors (Lipinski definition) is 2. The highest BCUT2D eigenvalue weighted by Gasteiger charge is 2.11. The number of ether oxygens (including phenoxy) is 2. The minimum Gasteiger partial charge on any atom is -0.494 e. The first-order chi connectivity index (χ1) is 15.2. The molecule has 0 aliphatic heterocycles. The maximum atomic E-state index is 15.1. The van der Waals surface area contributed by atoms with Gasteiger partial charge in [-0.05, 0) is 53.3 Å². The lowest BCUT2D eigenvalue weighted by Crippen LogP contribution is -2.00. The van der Waals surface area contributed by atoms with Gasteiger partial charge in [0.1, 0.15) is 5.75 Å². The second-order valence-corrected chi connectivity index (χ2v) is 8.45. The third-order valence-corrected chi connectivity index (χ3v) is 5.91. The Morgan fingerprint density at radius 1 is 0.613 bits per heavy atom. The number of rotatable bonds is 14. The molecule has 0 saturated carbocycles. The van der Waals surface area contributed by atoms with Crippen LogP contribution in [-0.2, 0) is 0 Å². The van der Waals surface area contributed by atoms with Gasteiger partial charge in [0.2, 0.25) is 0 Å². The molecule has 168 valence electrons. The van der Waals surface area contributed by atoms with Crippen LogP contribution in [0.3, 0.4) is 0 Å². The van der Waals surface area contributed by atoms with Crippen LogP contribution in [0.1, 0.15) is 78.1 Å². The maximum Gasteiger partial charge on any atom is 0.172 e. The Bertz CT molecular complexity index is 951. The summed E-state index contributed by atoms with van der Waals surface area (Å²) in [6, 6.07) is 13.7. The summed E-state index contributed by atoms with van der Waals surface area (Å²) in [5.74, 6) is 0.969. The molecule has 0 unspecified atom stereocenters. The van der Waals surface area contributed by atoms with Gasteiger partial charge in [-0.25, -0.2) is 4.39 Å². The molecule has 2 nitrogen and oxygen atoms in total. The van der Waals surface area contributed by atoms with Gasteiger partial charge in [0.25, 0.3) is 0 Å². The van der Waals surface area contributed by atoms with E-state index < -0.39 is 0 Å². The molecule has 0 atom stereocenters. The van der Waals surface area contributed by atoms with Crippen LogP contribution in [0.15, 0.2) is 42.5 Å². The molecule has 0 heterocycles. The number of fused-ring (bicyclic) bond motifs is 3. The lowest BCUT2D eigenvalue weighted by atomic mass is 10.0. The highest BCUT2D eigenvalue weighted by Crippen LogP contribution is 2.33. The number of hydrogen-bond donors (Lipinski definition) is 0. The van der Waals surface area contributed by atoms with Crippen molar-refractivity contribution in [2.45, 2.75) is 78.1 Å². The molecule has 31 heavy (non-hydrogen) atoms. The van der Waals surface area contributed by atoms with E-state index in [9.17, 15) is 0 Å². The van der Waals surface area contributed by atoms with Crippen molar-refractivity contribution < 1.29 is 13.9 Å². The average molecular weight is 425 g/mol. The van der Waals surface area contributed by atoms with Crippen molar-refractivity contribution >= 4 is 21.5 Å². The summed E-state index contributed by atoms with van der Waals surface area (Å²) in [7, 11) is 0. The Morgan fingerprint density at radius 3 is 2.00 bits per heavy atom. The maximum absolute atomic E-state index is 15.1. The zero-order chi connectivity index (χ0) is 21.9. The van der Waals surface area contributed by atoms with Crippen molar-refractivity contribution in [2.75, 3.05) is 13.2 Å². The van der Waals surface area contributed by atoms with Gasteiger partial charge in [0.05, 0.1) is 13.2 Å². The first kappa shape index (κ1) is 23.4. The Kier molecular flexibility index (Phi) is 9.45. The highest BCUT2D eigenvalue weighted by atomic mass is 19.1. The van der Waals surface area contributed by atoms with Gasteiger partial charge >= 0.3 is 0 Å². The van der Waals surface area contributed by atoms with Crippen molar-refractivity contribution in [3.8, 4) is 11.5 Å². The predicted octanol–water partition coefficient (Wildman–Crippen LogP) is 8.83. The fourth-order valence-electron chi connectivity index (χ4n) is 4.05. The van der Waals surface area contributed by atoms with Crippen LogP contribution >= 0.6 is 0 Å². The third-order valence-electron chi connectivity index (χ3n) is 5.91. The molecule has 0 spiro atoms. The Morgan fingerprint density at radius 2 is 1.23 bits per heavy atom. The van der Waals surface area contributed by atoms with Crippen LogP contribution in [0.5, 0.6) is 11.5 Å². The van der Waals surface area contributed by atoms with E-state index in [0.29, 0.717) is 17.7 Å². The molecule has 0 bridgehead atoms. The number of benzene rings is 3. The van der Waals surface area contributed by atoms with E-state index in [1.165, 1.54) is 44.9 Å². The molecule has 3 rings (SSSR count). The molecule has 3 aromatic carbocycles. The van der Waals surface area contributed by atoms with Crippen LogP contribution in [0.4, 0.5) is 4.39 Å². The van der Waals surface area contributed by atoms with E-state index >= 15 is 4.39 Å². The zero-order valence-corrected chi connectivity index (χ0v) is 19.2. The van der Waals surface area contributed by atoms with Crippen molar-refractivity contribution in [3.63, 3.8) is 0 Å². The van der Waals surface area contributed by atoms with Crippen molar-refractivity contribution in [1.29, 1.82) is 0 Å². The van der Waals surface area contributed by atoms with E-state index in [-0.39, 0.29) is 5.82 Å². The molecule has 0 aliphatic rings. The van der Waals surface area contributed by atoms with Crippen LogP contribution in [0.25, 0.3) is 21.5 Å². The monoisotopic (exact) mass is 424 g/mol. The Hall–Kier alpha value is -2.29. The Balaban J connectivity index is 1.64. The predicted molar refractivity (Wildman–Crippen MR) is 130 cm³/mol. The number of unbranched alkanes of at least 4 members (excludes halogenated alkanes) is 8. The molecular formula is C28H37FO2. The summed E-state index contributed by atoms with van der Waals surface area (Å²) in [6.07, 6.45) is 11.9. The molecule has 0 radical (unpaired) electrons. The third kappa shape index (κ3) is 6.59. The standard InChI is InChI=1S/C28H37FO2/c1-3-5-7-9-10-12-20-31-27-18-17-25-24-16-14-23(30-19-11-8-6-4-2)21-22(24)13-15-26(25)28(27)29/h13-18,21H,3-12,19-20H2,1-2H3. The van der Waals surface area contributed by atoms with E-state index in [4.69, 9.17) is 9.47 Å². The van der Waals surface area contributed by atoms with E-state index in [1.54, 1.807) is 6.07 Å². The first-order valence-corrected chi connectivity index (χ1v) is 12.1. The van der Waals surface area contributed by atoms with Gasteiger partial charge in [0.15, 0.2) is 11.6 Å². The molecule has 0 N–H and O–H groups in total. The first-order valence-electron chi connectivity index (χ1n) is 12.1. The summed E-state index contributed by atoms with van der Waals surface area (Å²) in [5.41, 5.74) is 0. The summed E-state index contributed by atoms with van der Waals surface area (Å²) in [4.78, 5) is 0.